The number of rotatable bonds is 6. The van der Waals surface area contributed by atoms with E-state index in [0.29, 0.717) is 5.92 Å². The number of nitrogens with zero attached hydrogens (tertiary/aromatic N) is 1. The molecule has 2 amide bonds. The molecule has 2 N–H and O–H groups in total. The van der Waals surface area contributed by atoms with E-state index in [9.17, 15) is 9.59 Å². The lowest BCUT2D eigenvalue weighted by Crippen LogP contribution is -2.37. The fourth-order valence-electron chi connectivity index (χ4n) is 3.05. The van der Waals surface area contributed by atoms with Gasteiger partial charge in [-0.2, -0.15) is 0 Å². The number of carbonyl (C=O) groups excluding carboxylic acids is 2. The Morgan fingerprint density at radius 3 is 2.35 bits per heavy atom. The van der Waals surface area contributed by atoms with Gasteiger partial charge in [-0.1, -0.05) is 19.8 Å². The molecule has 1 aliphatic rings. The van der Waals surface area contributed by atoms with Gasteiger partial charge < -0.3 is 15.5 Å². The van der Waals surface area contributed by atoms with Crippen LogP contribution in [0.2, 0.25) is 0 Å². The molecule has 23 heavy (non-hydrogen) atoms. The van der Waals surface area contributed by atoms with Crippen molar-refractivity contribution in [2.75, 3.05) is 30.9 Å². The lowest BCUT2D eigenvalue weighted by atomic mass is 9.92. The molecule has 5 heteroatoms. The van der Waals surface area contributed by atoms with Gasteiger partial charge in [-0.25, -0.2) is 0 Å². The first-order chi connectivity index (χ1) is 11.0. The van der Waals surface area contributed by atoms with Crippen molar-refractivity contribution in [3.63, 3.8) is 0 Å². The summed E-state index contributed by atoms with van der Waals surface area (Å²) in [7, 11) is 3.93. The van der Waals surface area contributed by atoms with E-state index in [1.54, 1.807) is 0 Å². The summed E-state index contributed by atoms with van der Waals surface area (Å²) < 4.78 is 0. The molecule has 1 fully saturated rings. The van der Waals surface area contributed by atoms with E-state index in [1.807, 2.05) is 50.2 Å². The van der Waals surface area contributed by atoms with Crippen LogP contribution in [0.25, 0.3) is 0 Å². The second-order valence-corrected chi connectivity index (χ2v) is 6.54. The Hall–Kier alpha value is -2.04. The second-order valence-electron chi connectivity index (χ2n) is 6.54. The number of hydrogen-bond donors (Lipinski definition) is 2. The molecule has 1 unspecified atom stereocenters. The maximum atomic E-state index is 12.1. The number of benzene rings is 1. The molecular formula is C18H27N3O2. The maximum absolute atomic E-state index is 12.1. The van der Waals surface area contributed by atoms with Gasteiger partial charge >= 0.3 is 0 Å². The highest BCUT2D eigenvalue weighted by Gasteiger charge is 2.26. The number of nitrogens with one attached hydrogen (secondary N) is 2. The Bertz CT molecular complexity index is 534. The highest BCUT2D eigenvalue weighted by molar-refractivity contribution is 5.94. The largest absolute Gasteiger partial charge is 0.378 e. The van der Waals surface area contributed by atoms with Crippen molar-refractivity contribution in [1.82, 2.24) is 5.32 Å². The van der Waals surface area contributed by atoms with Crippen LogP contribution in [0.3, 0.4) is 0 Å². The first-order valence-corrected chi connectivity index (χ1v) is 8.32. The molecule has 2 rings (SSSR count). The summed E-state index contributed by atoms with van der Waals surface area (Å²) in [6, 6.07) is 7.60. The molecule has 0 bridgehead atoms. The summed E-state index contributed by atoms with van der Waals surface area (Å²) >= 11 is 0. The van der Waals surface area contributed by atoms with Crippen LogP contribution in [0.1, 0.15) is 32.6 Å². The molecule has 1 aromatic rings. The molecular weight excluding hydrogens is 290 g/mol. The predicted octanol–water partition coefficient (Wildman–Crippen LogP) is 2.63. The van der Waals surface area contributed by atoms with Gasteiger partial charge in [0.25, 0.3) is 0 Å². The lowest BCUT2D eigenvalue weighted by Gasteiger charge is -2.18. The van der Waals surface area contributed by atoms with Crippen LogP contribution in [0.15, 0.2) is 24.3 Å². The third-order valence-electron chi connectivity index (χ3n) is 4.61. The fourth-order valence-corrected chi connectivity index (χ4v) is 3.05. The van der Waals surface area contributed by atoms with E-state index in [2.05, 4.69) is 10.6 Å². The molecule has 1 atom stereocenters. The van der Waals surface area contributed by atoms with Crippen molar-refractivity contribution in [2.45, 2.75) is 32.6 Å². The van der Waals surface area contributed by atoms with Gasteiger partial charge in [-0.15, -0.1) is 0 Å². The summed E-state index contributed by atoms with van der Waals surface area (Å²) in [5, 5.41) is 5.55. The van der Waals surface area contributed by atoms with Crippen LogP contribution in [0.5, 0.6) is 0 Å². The summed E-state index contributed by atoms with van der Waals surface area (Å²) in [6.07, 6.45) is 4.68. The Kier molecular flexibility index (Phi) is 6.02. The van der Waals surface area contributed by atoms with Gasteiger partial charge in [0.2, 0.25) is 11.8 Å². The zero-order chi connectivity index (χ0) is 16.8. The van der Waals surface area contributed by atoms with Crippen LogP contribution in [-0.4, -0.2) is 32.5 Å². The highest BCUT2D eigenvalue weighted by Crippen LogP contribution is 2.31. The van der Waals surface area contributed by atoms with Crippen LogP contribution in [0, 0.1) is 11.8 Å². The summed E-state index contributed by atoms with van der Waals surface area (Å²) in [4.78, 5) is 26.0. The average molecular weight is 317 g/mol. The summed E-state index contributed by atoms with van der Waals surface area (Å²) in [5.74, 6) is 0.242. The molecule has 0 aromatic heterocycles. The van der Waals surface area contributed by atoms with Crippen LogP contribution >= 0.6 is 0 Å². The number of amides is 2. The topological polar surface area (TPSA) is 61.4 Å². The average Bonchev–Trinajstić information content (AvgIpc) is 3.06. The smallest absolute Gasteiger partial charge is 0.243 e. The Morgan fingerprint density at radius 1 is 1.17 bits per heavy atom. The van der Waals surface area contributed by atoms with Gasteiger partial charge in [0, 0.05) is 31.4 Å². The maximum Gasteiger partial charge on any atom is 0.243 e. The molecule has 1 saturated carbocycles. The molecule has 0 aliphatic heterocycles. The quantitative estimate of drug-likeness (QED) is 0.848. The van der Waals surface area contributed by atoms with Crippen molar-refractivity contribution in [3.05, 3.63) is 24.3 Å². The van der Waals surface area contributed by atoms with E-state index in [4.69, 9.17) is 0 Å². The summed E-state index contributed by atoms with van der Waals surface area (Å²) in [6.45, 7) is 1.98. The van der Waals surface area contributed by atoms with E-state index in [-0.39, 0.29) is 24.3 Å². The zero-order valence-corrected chi connectivity index (χ0v) is 14.3. The van der Waals surface area contributed by atoms with Gasteiger partial charge in [0.15, 0.2) is 0 Å². The minimum Gasteiger partial charge on any atom is -0.378 e. The molecule has 0 radical (unpaired) electrons. The highest BCUT2D eigenvalue weighted by atomic mass is 16.2. The van der Waals surface area contributed by atoms with Gasteiger partial charge in [0.05, 0.1) is 6.54 Å². The van der Waals surface area contributed by atoms with Crippen molar-refractivity contribution in [2.24, 2.45) is 11.8 Å². The first kappa shape index (κ1) is 17.3. The summed E-state index contributed by atoms with van der Waals surface area (Å²) in [5.41, 5.74) is 1.81. The normalized spacial score (nSPS) is 16.0. The minimum absolute atomic E-state index is 0.00956. The van der Waals surface area contributed by atoms with E-state index in [0.717, 1.165) is 24.2 Å². The molecule has 0 saturated heterocycles. The van der Waals surface area contributed by atoms with Gasteiger partial charge in [0.1, 0.15) is 0 Å². The van der Waals surface area contributed by atoms with E-state index >= 15 is 0 Å². The Balaban J connectivity index is 1.77. The molecule has 1 aromatic carbocycles. The Morgan fingerprint density at radius 2 is 1.78 bits per heavy atom. The molecule has 5 nitrogen and oxygen atoms in total. The first-order valence-electron chi connectivity index (χ1n) is 8.32. The third kappa shape index (κ3) is 4.98. The number of anilines is 2. The Labute approximate surface area is 138 Å². The lowest BCUT2D eigenvalue weighted by molar-refractivity contribution is -0.128. The van der Waals surface area contributed by atoms with Crippen LogP contribution in [-0.2, 0) is 9.59 Å². The van der Waals surface area contributed by atoms with Crippen molar-refractivity contribution in [3.8, 4) is 0 Å². The monoisotopic (exact) mass is 317 g/mol. The van der Waals surface area contributed by atoms with Crippen LogP contribution < -0.4 is 15.5 Å². The van der Waals surface area contributed by atoms with E-state index in [1.165, 1.54) is 12.8 Å². The van der Waals surface area contributed by atoms with Crippen molar-refractivity contribution < 1.29 is 9.59 Å². The van der Waals surface area contributed by atoms with Gasteiger partial charge in [-0.05, 0) is 43.0 Å². The second kappa shape index (κ2) is 7.99. The third-order valence-corrected chi connectivity index (χ3v) is 4.61. The molecule has 0 heterocycles. The van der Waals surface area contributed by atoms with Crippen LogP contribution in [0.4, 0.5) is 11.4 Å². The molecule has 0 spiro atoms. The molecule has 1 aliphatic carbocycles. The van der Waals surface area contributed by atoms with Crippen molar-refractivity contribution in [1.29, 1.82) is 0 Å². The minimum atomic E-state index is -0.199. The van der Waals surface area contributed by atoms with E-state index < -0.39 is 0 Å². The number of carbonyl (C=O) groups is 2. The fraction of sp³-hybridized carbons (Fsp3) is 0.556. The SMILES string of the molecule is CC(C(=O)NCC(=O)Nc1ccc(N(C)C)cc1)C1CCCC1. The number of hydrogen-bond acceptors (Lipinski definition) is 3. The van der Waals surface area contributed by atoms with Gasteiger partial charge in [-0.3, -0.25) is 9.59 Å². The van der Waals surface area contributed by atoms with Crippen molar-refractivity contribution >= 4 is 23.2 Å². The standard InChI is InChI=1S/C18H27N3O2/c1-13(14-6-4-5-7-14)18(23)19-12-17(22)20-15-8-10-16(11-9-15)21(2)3/h8-11,13-14H,4-7,12H2,1-3H3,(H,19,23)(H,20,22). The predicted molar refractivity (Wildman–Crippen MR) is 93.5 cm³/mol. The zero-order valence-electron chi connectivity index (χ0n) is 14.3. The molecule has 126 valence electrons.